The van der Waals surface area contributed by atoms with Gasteiger partial charge in [-0.15, -0.1) is 0 Å². The molecular weight excluding hydrogens is 128 g/mol. The predicted molar refractivity (Wildman–Crippen MR) is 29.0 cm³/mol. The highest BCUT2D eigenvalue weighted by atomic mass is 32.1. The molecule has 0 bridgehead atoms. The predicted octanol–water partition coefficient (Wildman–Crippen LogP) is 0.117. The van der Waals surface area contributed by atoms with Crippen LogP contribution in [-0.4, -0.2) is 24.6 Å². The van der Waals surface area contributed by atoms with E-state index in [1.807, 2.05) is 0 Å². The Balaban J connectivity index is 2.32. The largest absolute Gasteiger partial charge is 0.453 e. The second-order valence-electron chi connectivity index (χ2n) is 1.47. The minimum Gasteiger partial charge on any atom is -0.453 e. The number of rotatable bonds is 1. The molecule has 1 atom stereocenters. The molecule has 0 aromatic rings. The number of ether oxygens (including phenoxy) is 2. The Morgan fingerprint density at radius 3 is 2.88 bits per heavy atom. The van der Waals surface area contributed by atoms with Gasteiger partial charge in [0.05, 0.1) is 0 Å². The van der Waals surface area contributed by atoms with Crippen molar-refractivity contribution >= 4 is 17.5 Å². The molecule has 1 saturated heterocycles. The maximum atomic E-state index is 10.0. The molecule has 8 heavy (non-hydrogen) atoms. The van der Waals surface area contributed by atoms with Gasteiger partial charge in [-0.2, -0.15) is 0 Å². The van der Waals surface area contributed by atoms with Gasteiger partial charge < -0.3 is 9.47 Å². The molecule has 0 amide bonds. The Morgan fingerprint density at radius 2 is 2.62 bits per heavy atom. The van der Waals surface area contributed by atoms with Gasteiger partial charge in [0.1, 0.15) is 13.2 Å². The fourth-order valence-corrected chi connectivity index (χ4v) is 0.651. The smallest absolute Gasteiger partial charge is 0.352 e. The highest BCUT2D eigenvalue weighted by Crippen LogP contribution is 2.04. The van der Waals surface area contributed by atoms with Gasteiger partial charge in [0, 0.05) is 12.2 Å². The topological polar surface area (TPSA) is 38.4 Å². The van der Waals surface area contributed by atoms with Gasteiger partial charge >= 0.3 is 5.24 Å². The van der Waals surface area contributed by atoms with E-state index < -0.39 is 0 Å². The zero-order valence-electron chi connectivity index (χ0n) is 4.12. The third-order valence-electron chi connectivity index (χ3n) is 0.836. The molecule has 1 heterocycles. The average molecular weight is 133 g/mol. The lowest BCUT2D eigenvalue weighted by Crippen LogP contribution is -2.13. The molecular formula is C4H5O3S. The first-order valence-electron chi connectivity index (χ1n) is 2.24. The summed E-state index contributed by atoms with van der Waals surface area (Å²) >= 11 is 4.48. The molecule has 0 N–H and O–H groups in total. The van der Waals surface area contributed by atoms with E-state index in [9.17, 15) is 5.11 Å². The van der Waals surface area contributed by atoms with Crippen LogP contribution in [0.4, 0.5) is 0 Å². The molecule has 1 unspecified atom stereocenters. The standard InChI is InChI=1S/C4H5O3S/c5-1-3-2-6-4(8)7-3/h3H,1-2H2. The van der Waals surface area contributed by atoms with E-state index in [0.717, 1.165) is 0 Å². The molecule has 1 aliphatic heterocycles. The molecule has 0 spiro atoms. The highest BCUT2D eigenvalue weighted by Gasteiger charge is 2.20. The zero-order valence-corrected chi connectivity index (χ0v) is 4.94. The number of hydrogen-bond acceptors (Lipinski definition) is 3. The van der Waals surface area contributed by atoms with Crippen LogP contribution in [0.2, 0.25) is 0 Å². The maximum absolute atomic E-state index is 10.0. The lowest BCUT2D eigenvalue weighted by molar-refractivity contribution is 0.0825. The minimum atomic E-state index is -0.345. The van der Waals surface area contributed by atoms with E-state index in [0.29, 0.717) is 6.61 Å². The zero-order chi connectivity index (χ0) is 5.98. The summed E-state index contributed by atoms with van der Waals surface area (Å²) < 4.78 is 9.37. The third-order valence-corrected chi connectivity index (χ3v) is 1.05. The lowest BCUT2D eigenvalue weighted by Gasteiger charge is -1.96. The van der Waals surface area contributed by atoms with Crippen LogP contribution < -0.4 is 0 Å². The summed E-state index contributed by atoms with van der Waals surface area (Å²) in [5.74, 6) is 0. The monoisotopic (exact) mass is 133 g/mol. The highest BCUT2D eigenvalue weighted by molar-refractivity contribution is 7.79. The first kappa shape index (κ1) is 5.78. The van der Waals surface area contributed by atoms with Crippen molar-refractivity contribution in [1.29, 1.82) is 0 Å². The summed E-state index contributed by atoms with van der Waals surface area (Å²) in [5.41, 5.74) is 0. The fraction of sp³-hybridized carbons (Fsp3) is 0.750. The van der Waals surface area contributed by atoms with E-state index in [-0.39, 0.29) is 17.9 Å². The molecule has 0 aliphatic carbocycles. The Bertz CT molecular complexity index is 103. The molecule has 1 rings (SSSR count). The van der Waals surface area contributed by atoms with Crippen LogP contribution in [-0.2, 0) is 14.6 Å². The minimum absolute atomic E-state index is 0.103. The Hall–Kier alpha value is -0.350. The first-order valence-corrected chi connectivity index (χ1v) is 2.65. The van der Waals surface area contributed by atoms with Crippen molar-refractivity contribution in [3.05, 3.63) is 0 Å². The quantitative estimate of drug-likeness (QED) is 0.477. The van der Waals surface area contributed by atoms with Crippen molar-refractivity contribution in [2.75, 3.05) is 13.2 Å². The van der Waals surface area contributed by atoms with Gasteiger partial charge in [-0.3, -0.25) is 0 Å². The van der Waals surface area contributed by atoms with E-state index in [4.69, 9.17) is 4.74 Å². The Kier molecular flexibility index (Phi) is 1.65. The van der Waals surface area contributed by atoms with Gasteiger partial charge in [-0.25, -0.2) is 5.11 Å². The number of thiocarbonyl (C=S) groups is 1. The van der Waals surface area contributed by atoms with Crippen LogP contribution >= 0.6 is 12.2 Å². The normalized spacial score (nSPS) is 27.1. The molecule has 0 aromatic heterocycles. The molecule has 45 valence electrons. The molecule has 0 aromatic carbocycles. The molecule has 0 saturated carbocycles. The van der Waals surface area contributed by atoms with E-state index >= 15 is 0 Å². The van der Waals surface area contributed by atoms with Crippen molar-refractivity contribution in [1.82, 2.24) is 0 Å². The van der Waals surface area contributed by atoms with E-state index in [1.165, 1.54) is 0 Å². The lowest BCUT2D eigenvalue weighted by atomic mass is 10.4. The van der Waals surface area contributed by atoms with E-state index in [2.05, 4.69) is 17.0 Å². The Labute approximate surface area is 52.2 Å². The first-order chi connectivity index (χ1) is 3.83. The average Bonchev–Trinajstić information content (AvgIpc) is 2.14. The van der Waals surface area contributed by atoms with Crippen LogP contribution in [0.5, 0.6) is 0 Å². The second kappa shape index (κ2) is 2.28. The summed E-state index contributed by atoms with van der Waals surface area (Å²) in [7, 11) is 0. The van der Waals surface area contributed by atoms with Crippen LogP contribution in [0.25, 0.3) is 0 Å². The van der Waals surface area contributed by atoms with Gasteiger partial charge in [-0.1, -0.05) is 0 Å². The van der Waals surface area contributed by atoms with Gasteiger partial charge in [-0.05, 0) is 0 Å². The van der Waals surface area contributed by atoms with Gasteiger partial charge in [0.15, 0.2) is 6.10 Å². The van der Waals surface area contributed by atoms with Crippen LogP contribution in [0.3, 0.4) is 0 Å². The molecule has 1 aliphatic rings. The third kappa shape index (κ3) is 1.08. The van der Waals surface area contributed by atoms with Crippen molar-refractivity contribution in [2.24, 2.45) is 0 Å². The van der Waals surface area contributed by atoms with Crippen LogP contribution in [0, 0.1) is 0 Å². The van der Waals surface area contributed by atoms with Gasteiger partial charge in [0.2, 0.25) is 0 Å². The molecule has 3 nitrogen and oxygen atoms in total. The van der Waals surface area contributed by atoms with E-state index in [1.54, 1.807) is 0 Å². The van der Waals surface area contributed by atoms with Crippen molar-refractivity contribution in [2.45, 2.75) is 6.10 Å². The van der Waals surface area contributed by atoms with Crippen molar-refractivity contribution < 1.29 is 14.6 Å². The fourth-order valence-electron chi connectivity index (χ4n) is 0.447. The molecule has 1 fully saturated rings. The van der Waals surface area contributed by atoms with Crippen LogP contribution in [0.1, 0.15) is 0 Å². The maximum Gasteiger partial charge on any atom is 0.352 e. The summed E-state index contributed by atoms with van der Waals surface area (Å²) in [6, 6.07) is 0. The van der Waals surface area contributed by atoms with Gasteiger partial charge in [0.25, 0.3) is 0 Å². The second-order valence-corrected chi connectivity index (χ2v) is 1.80. The summed E-state index contributed by atoms with van der Waals surface area (Å²) in [4.78, 5) is 0. The SMILES string of the molecule is [O]CC1COC(=S)O1. The molecule has 4 heteroatoms. The number of hydrogen-bond donors (Lipinski definition) is 0. The van der Waals surface area contributed by atoms with Crippen molar-refractivity contribution in [3.8, 4) is 0 Å². The summed E-state index contributed by atoms with van der Waals surface area (Å²) in [5, 5.41) is 10.1. The van der Waals surface area contributed by atoms with Crippen molar-refractivity contribution in [3.63, 3.8) is 0 Å². The Morgan fingerprint density at radius 1 is 1.88 bits per heavy atom. The summed E-state index contributed by atoms with van der Waals surface area (Å²) in [6.07, 6.45) is -0.345. The van der Waals surface area contributed by atoms with Crippen LogP contribution in [0.15, 0.2) is 0 Å². The summed E-state index contributed by atoms with van der Waals surface area (Å²) in [6.45, 7) is 0.0441. The molecule has 1 radical (unpaired) electrons.